The van der Waals surface area contributed by atoms with Crippen LogP contribution in [0.4, 0.5) is 0 Å². The molecule has 1 aromatic heterocycles. The molecule has 6 heteroatoms. The number of amides is 1. The Bertz CT molecular complexity index is 373. The molecular weight excluding hydrogens is 285 g/mol. The molecule has 1 unspecified atom stereocenters. The van der Waals surface area contributed by atoms with Gasteiger partial charge in [-0.05, 0) is 44.4 Å². The number of halogens is 2. The highest BCUT2D eigenvalue weighted by Gasteiger charge is 2.26. The molecule has 1 aliphatic heterocycles. The summed E-state index contributed by atoms with van der Waals surface area (Å²) in [6.45, 7) is 1.50. The molecule has 0 aromatic carbocycles. The molecule has 1 fully saturated rings. The van der Waals surface area contributed by atoms with Crippen molar-refractivity contribution in [3.63, 3.8) is 0 Å². The number of hydrogen-bond donors (Lipinski definition) is 1. The fraction of sp³-hybridized carbons (Fsp3) is 0.538. The monoisotopic (exact) mass is 305 g/mol. The molecule has 19 heavy (non-hydrogen) atoms. The van der Waals surface area contributed by atoms with Crippen LogP contribution in [-0.4, -0.2) is 34.9 Å². The number of piperidine rings is 1. The van der Waals surface area contributed by atoms with Gasteiger partial charge in [0, 0.05) is 30.5 Å². The average molecular weight is 306 g/mol. The van der Waals surface area contributed by atoms with Gasteiger partial charge >= 0.3 is 0 Å². The second-order valence-electron chi connectivity index (χ2n) is 4.46. The Morgan fingerprint density at radius 2 is 2.00 bits per heavy atom. The summed E-state index contributed by atoms with van der Waals surface area (Å²) in [5, 5.41) is 0. The van der Waals surface area contributed by atoms with Gasteiger partial charge in [0.25, 0.3) is 5.91 Å². The van der Waals surface area contributed by atoms with Crippen LogP contribution in [0, 0.1) is 0 Å². The van der Waals surface area contributed by atoms with E-state index in [1.165, 1.54) is 6.42 Å². The number of carbonyl (C=O) groups is 1. The summed E-state index contributed by atoms with van der Waals surface area (Å²) >= 11 is 0. The van der Waals surface area contributed by atoms with E-state index in [1.54, 1.807) is 24.5 Å². The molecule has 0 aliphatic carbocycles. The van der Waals surface area contributed by atoms with Gasteiger partial charge in [0.1, 0.15) is 0 Å². The van der Waals surface area contributed by atoms with Gasteiger partial charge in [-0.15, -0.1) is 24.8 Å². The first-order valence-electron chi connectivity index (χ1n) is 6.24. The second-order valence-corrected chi connectivity index (χ2v) is 4.46. The Kier molecular flexibility index (Phi) is 8.72. The number of hydrogen-bond acceptors (Lipinski definition) is 3. The van der Waals surface area contributed by atoms with Gasteiger partial charge in [-0.2, -0.15) is 0 Å². The standard InChI is InChI=1S/C13H19N3O.2ClH/c14-7-4-12-3-1-2-10-16(12)13(17)11-5-8-15-9-6-11;;/h5-6,8-9,12H,1-4,7,10,14H2;2*1H. The summed E-state index contributed by atoms with van der Waals surface area (Å²) in [7, 11) is 0. The number of pyridine rings is 1. The van der Waals surface area contributed by atoms with Crippen LogP contribution < -0.4 is 5.73 Å². The minimum absolute atomic E-state index is 0. The number of rotatable bonds is 3. The summed E-state index contributed by atoms with van der Waals surface area (Å²) in [6, 6.07) is 3.86. The average Bonchev–Trinajstić information content (AvgIpc) is 2.40. The molecule has 1 saturated heterocycles. The Labute approximate surface area is 126 Å². The van der Waals surface area contributed by atoms with Crippen LogP contribution in [0.5, 0.6) is 0 Å². The van der Waals surface area contributed by atoms with Crippen LogP contribution in [-0.2, 0) is 0 Å². The number of aromatic nitrogens is 1. The topological polar surface area (TPSA) is 59.2 Å². The van der Waals surface area contributed by atoms with E-state index in [1.807, 2.05) is 4.90 Å². The van der Waals surface area contributed by atoms with Gasteiger partial charge in [0.15, 0.2) is 0 Å². The number of carbonyl (C=O) groups excluding carboxylic acids is 1. The molecule has 0 saturated carbocycles. The molecule has 1 aliphatic rings. The Morgan fingerprint density at radius 1 is 1.32 bits per heavy atom. The third-order valence-electron chi connectivity index (χ3n) is 3.32. The first kappa shape index (κ1) is 18.2. The lowest BCUT2D eigenvalue weighted by Crippen LogP contribution is -2.44. The van der Waals surface area contributed by atoms with Crippen LogP contribution in [0.1, 0.15) is 36.0 Å². The number of nitrogens with two attached hydrogens (primary N) is 1. The molecule has 4 nitrogen and oxygen atoms in total. The van der Waals surface area contributed by atoms with E-state index < -0.39 is 0 Å². The lowest BCUT2D eigenvalue weighted by atomic mass is 9.98. The SMILES string of the molecule is Cl.Cl.NCCC1CCCCN1C(=O)c1ccncc1. The normalized spacial score (nSPS) is 18.2. The fourth-order valence-electron chi connectivity index (χ4n) is 2.42. The molecule has 2 N–H and O–H groups in total. The van der Waals surface area contributed by atoms with Crippen LogP contribution in [0.15, 0.2) is 24.5 Å². The van der Waals surface area contributed by atoms with Crippen LogP contribution in [0.3, 0.4) is 0 Å². The largest absolute Gasteiger partial charge is 0.336 e. The van der Waals surface area contributed by atoms with Crippen LogP contribution >= 0.6 is 24.8 Å². The zero-order valence-corrected chi connectivity index (χ0v) is 12.5. The molecule has 2 heterocycles. The maximum Gasteiger partial charge on any atom is 0.254 e. The van der Waals surface area contributed by atoms with Gasteiger partial charge in [0.05, 0.1) is 0 Å². The maximum absolute atomic E-state index is 12.3. The van der Waals surface area contributed by atoms with Crippen molar-refractivity contribution in [1.29, 1.82) is 0 Å². The van der Waals surface area contributed by atoms with E-state index in [9.17, 15) is 4.79 Å². The Balaban J connectivity index is 0.00000162. The number of nitrogens with zero attached hydrogens (tertiary/aromatic N) is 2. The van der Waals surface area contributed by atoms with E-state index in [4.69, 9.17) is 5.73 Å². The van der Waals surface area contributed by atoms with E-state index in [0.29, 0.717) is 12.6 Å². The van der Waals surface area contributed by atoms with Crippen molar-refractivity contribution in [3.05, 3.63) is 30.1 Å². The first-order valence-corrected chi connectivity index (χ1v) is 6.24. The maximum atomic E-state index is 12.3. The van der Waals surface area contributed by atoms with Crippen molar-refractivity contribution < 1.29 is 4.79 Å². The minimum Gasteiger partial charge on any atom is -0.336 e. The van der Waals surface area contributed by atoms with Crippen molar-refractivity contribution >= 4 is 30.7 Å². The van der Waals surface area contributed by atoms with Gasteiger partial charge in [-0.25, -0.2) is 0 Å². The zero-order chi connectivity index (χ0) is 12.1. The fourth-order valence-corrected chi connectivity index (χ4v) is 2.42. The quantitative estimate of drug-likeness (QED) is 0.932. The van der Waals surface area contributed by atoms with E-state index >= 15 is 0 Å². The summed E-state index contributed by atoms with van der Waals surface area (Å²) in [4.78, 5) is 18.3. The van der Waals surface area contributed by atoms with Gasteiger partial charge in [-0.1, -0.05) is 0 Å². The highest BCUT2D eigenvalue weighted by atomic mass is 35.5. The van der Waals surface area contributed by atoms with Crippen molar-refractivity contribution in [2.45, 2.75) is 31.7 Å². The summed E-state index contributed by atoms with van der Waals surface area (Å²) in [5.74, 6) is 0.116. The highest BCUT2D eigenvalue weighted by molar-refractivity contribution is 5.94. The lowest BCUT2D eigenvalue weighted by Gasteiger charge is -2.35. The predicted molar refractivity (Wildman–Crippen MR) is 81.1 cm³/mol. The molecule has 108 valence electrons. The summed E-state index contributed by atoms with van der Waals surface area (Å²) < 4.78 is 0. The predicted octanol–water partition coefficient (Wildman–Crippen LogP) is 2.27. The number of likely N-dealkylation sites (tertiary alicyclic amines) is 1. The third-order valence-corrected chi connectivity index (χ3v) is 3.32. The van der Waals surface area contributed by atoms with Gasteiger partial charge < -0.3 is 10.6 Å². The summed E-state index contributed by atoms with van der Waals surface area (Å²) in [5.41, 5.74) is 6.34. The smallest absolute Gasteiger partial charge is 0.254 e. The lowest BCUT2D eigenvalue weighted by molar-refractivity contribution is 0.0605. The van der Waals surface area contributed by atoms with Gasteiger partial charge in [0.2, 0.25) is 0 Å². The molecule has 1 amide bonds. The van der Waals surface area contributed by atoms with Crippen molar-refractivity contribution in [2.75, 3.05) is 13.1 Å². The summed E-state index contributed by atoms with van der Waals surface area (Å²) in [6.07, 6.45) is 7.60. The third kappa shape index (κ3) is 4.64. The molecule has 2 rings (SSSR count). The zero-order valence-electron chi connectivity index (χ0n) is 10.8. The van der Waals surface area contributed by atoms with E-state index in [0.717, 1.165) is 31.4 Å². The molecular formula is C13H21Cl2N3O. The molecule has 1 atom stereocenters. The first-order chi connectivity index (χ1) is 8.33. The molecule has 0 bridgehead atoms. The molecule has 1 aromatic rings. The van der Waals surface area contributed by atoms with Crippen LogP contribution in [0.2, 0.25) is 0 Å². The van der Waals surface area contributed by atoms with Crippen LogP contribution in [0.25, 0.3) is 0 Å². The molecule has 0 radical (unpaired) electrons. The van der Waals surface area contributed by atoms with Crippen molar-refractivity contribution in [2.24, 2.45) is 5.73 Å². The highest BCUT2D eigenvalue weighted by Crippen LogP contribution is 2.21. The molecule has 0 spiro atoms. The Morgan fingerprint density at radius 3 is 2.63 bits per heavy atom. The minimum atomic E-state index is 0. The van der Waals surface area contributed by atoms with Crippen molar-refractivity contribution in [1.82, 2.24) is 9.88 Å². The van der Waals surface area contributed by atoms with Gasteiger partial charge in [-0.3, -0.25) is 9.78 Å². The van der Waals surface area contributed by atoms with E-state index in [2.05, 4.69) is 4.98 Å². The van der Waals surface area contributed by atoms with Crippen molar-refractivity contribution in [3.8, 4) is 0 Å². The second kappa shape index (κ2) is 9.13. The van der Waals surface area contributed by atoms with E-state index in [-0.39, 0.29) is 30.7 Å². The Hall–Kier alpha value is -0.840.